The summed E-state index contributed by atoms with van der Waals surface area (Å²) in [7, 11) is 0. The second-order valence-electron chi connectivity index (χ2n) is 5.43. The van der Waals surface area contributed by atoms with Gasteiger partial charge in [0, 0.05) is 16.9 Å². The topological polar surface area (TPSA) is 63.6 Å². The minimum atomic E-state index is -0.302. The Morgan fingerprint density at radius 2 is 1.88 bits per heavy atom. The lowest BCUT2D eigenvalue weighted by atomic mass is 10.2. The zero-order valence-electron chi connectivity index (χ0n) is 13.8. The first-order chi connectivity index (χ1) is 12.7. The second kappa shape index (κ2) is 8.92. The molecule has 0 atom stereocenters. The summed E-state index contributed by atoms with van der Waals surface area (Å²) in [5.41, 5.74) is 4.88. The highest BCUT2D eigenvalue weighted by molar-refractivity contribution is 9.10. The third-order valence-corrected chi connectivity index (χ3v) is 4.03. The second-order valence-corrected chi connectivity index (χ2v) is 6.34. The number of amides is 1. The van der Waals surface area contributed by atoms with Gasteiger partial charge in [-0.3, -0.25) is 9.78 Å². The Bertz CT molecular complexity index is 879. The van der Waals surface area contributed by atoms with E-state index in [1.54, 1.807) is 24.5 Å². The van der Waals surface area contributed by atoms with E-state index in [-0.39, 0.29) is 5.91 Å². The normalized spacial score (nSPS) is 10.7. The van der Waals surface area contributed by atoms with Crippen molar-refractivity contribution in [3.05, 3.63) is 94.2 Å². The van der Waals surface area contributed by atoms with Gasteiger partial charge in [0.25, 0.3) is 5.91 Å². The van der Waals surface area contributed by atoms with Gasteiger partial charge >= 0.3 is 0 Å². The van der Waals surface area contributed by atoms with Crippen molar-refractivity contribution in [3.63, 3.8) is 0 Å². The van der Waals surface area contributed by atoms with Crippen molar-refractivity contribution in [2.75, 3.05) is 0 Å². The molecule has 1 amide bonds. The van der Waals surface area contributed by atoms with Gasteiger partial charge in [-0.05, 0) is 59.7 Å². The predicted octanol–water partition coefficient (Wildman–Crippen LogP) is 4.19. The Balaban J connectivity index is 1.51. The third kappa shape index (κ3) is 5.26. The highest BCUT2D eigenvalue weighted by Crippen LogP contribution is 2.15. The van der Waals surface area contributed by atoms with Crippen LogP contribution in [0.2, 0.25) is 0 Å². The molecule has 1 aromatic heterocycles. The zero-order chi connectivity index (χ0) is 18.2. The number of nitrogens with one attached hydrogen (secondary N) is 1. The average molecular weight is 410 g/mol. The van der Waals surface area contributed by atoms with Crippen LogP contribution in [0.25, 0.3) is 0 Å². The van der Waals surface area contributed by atoms with E-state index in [1.165, 1.54) is 6.20 Å². The highest BCUT2D eigenvalue weighted by Gasteiger charge is 2.02. The minimum Gasteiger partial charge on any atom is -0.489 e. The lowest BCUT2D eigenvalue weighted by Crippen LogP contribution is -2.17. The number of carbonyl (C=O) groups is 1. The quantitative estimate of drug-likeness (QED) is 0.490. The van der Waals surface area contributed by atoms with Gasteiger partial charge in [0.15, 0.2) is 0 Å². The number of aromatic nitrogens is 1. The molecule has 130 valence electrons. The van der Waals surface area contributed by atoms with Crippen molar-refractivity contribution in [2.45, 2.75) is 6.61 Å². The van der Waals surface area contributed by atoms with Crippen LogP contribution in [0.1, 0.15) is 21.5 Å². The maximum atomic E-state index is 11.8. The van der Waals surface area contributed by atoms with E-state index in [1.807, 2.05) is 48.5 Å². The van der Waals surface area contributed by atoms with Gasteiger partial charge in [0.2, 0.25) is 0 Å². The van der Waals surface area contributed by atoms with Crippen LogP contribution >= 0.6 is 15.9 Å². The molecule has 0 aliphatic heterocycles. The summed E-state index contributed by atoms with van der Waals surface area (Å²) < 4.78 is 6.79. The summed E-state index contributed by atoms with van der Waals surface area (Å²) in [5, 5.41) is 3.95. The smallest absolute Gasteiger partial charge is 0.272 e. The predicted molar refractivity (Wildman–Crippen MR) is 104 cm³/mol. The Kier molecular flexibility index (Phi) is 6.11. The summed E-state index contributed by atoms with van der Waals surface area (Å²) in [6.07, 6.45) is 4.68. The van der Waals surface area contributed by atoms with Crippen LogP contribution in [-0.4, -0.2) is 17.1 Å². The first-order valence-electron chi connectivity index (χ1n) is 7.91. The van der Waals surface area contributed by atoms with E-state index in [0.717, 1.165) is 21.3 Å². The lowest BCUT2D eigenvalue weighted by Gasteiger charge is -2.06. The van der Waals surface area contributed by atoms with E-state index in [4.69, 9.17) is 4.74 Å². The summed E-state index contributed by atoms with van der Waals surface area (Å²) in [5.74, 6) is 0.466. The van der Waals surface area contributed by atoms with Gasteiger partial charge in [-0.2, -0.15) is 5.10 Å². The van der Waals surface area contributed by atoms with Crippen LogP contribution in [0.5, 0.6) is 5.75 Å². The number of hydrazone groups is 1. The van der Waals surface area contributed by atoms with E-state index >= 15 is 0 Å². The van der Waals surface area contributed by atoms with Gasteiger partial charge in [-0.15, -0.1) is 0 Å². The first kappa shape index (κ1) is 17.8. The van der Waals surface area contributed by atoms with Gasteiger partial charge in [-0.1, -0.05) is 28.1 Å². The molecule has 0 aliphatic carbocycles. The molecule has 2 aromatic carbocycles. The number of rotatable bonds is 6. The van der Waals surface area contributed by atoms with Gasteiger partial charge < -0.3 is 4.74 Å². The SMILES string of the molecule is O=C(N/N=C/c1ccc(OCc2ccc(Br)cc2)cc1)c1cccnc1. The van der Waals surface area contributed by atoms with Gasteiger partial charge in [-0.25, -0.2) is 5.43 Å². The molecule has 0 bridgehead atoms. The van der Waals surface area contributed by atoms with Crippen molar-refractivity contribution in [1.82, 2.24) is 10.4 Å². The Morgan fingerprint density at radius 1 is 1.12 bits per heavy atom. The molecule has 0 saturated carbocycles. The molecular formula is C20H16BrN3O2. The molecule has 3 rings (SSSR count). The summed E-state index contributed by atoms with van der Waals surface area (Å²) in [6.45, 7) is 0.502. The average Bonchev–Trinajstić information content (AvgIpc) is 2.69. The molecule has 3 aromatic rings. The highest BCUT2D eigenvalue weighted by atomic mass is 79.9. The van der Waals surface area contributed by atoms with Crippen LogP contribution in [0.4, 0.5) is 0 Å². The van der Waals surface area contributed by atoms with Gasteiger partial charge in [0.1, 0.15) is 12.4 Å². The number of halogens is 1. The van der Waals surface area contributed by atoms with E-state index in [2.05, 4.69) is 31.4 Å². The number of carbonyl (C=O) groups excluding carboxylic acids is 1. The first-order valence-corrected chi connectivity index (χ1v) is 8.71. The van der Waals surface area contributed by atoms with Crippen molar-refractivity contribution in [3.8, 4) is 5.75 Å². The standard InChI is InChI=1S/C20H16BrN3O2/c21-18-7-3-16(4-8-18)14-26-19-9-5-15(6-10-19)12-23-24-20(25)17-2-1-11-22-13-17/h1-13H,14H2,(H,24,25)/b23-12+. The summed E-state index contributed by atoms with van der Waals surface area (Å²) in [6, 6.07) is 18.8. The van der Waals surface area contributed by atoms with Crippen molar-refractivity contribution in [1.29, 1.82) is 0 Å². The molecule has 0 fully saturated rings. The molecule has 0 aliphatic rings. The molecule has 0 saturated heterocycles. The minimum absolute atomic E-state index is 0.302. The Labute approximate surface area is 159 Å². The zero-order valence-corrected chi connectivity index (χ0v) is 15.4. The van der Waals surface area contributed by atoms with Crippen LogP contribution < -0.4 is 10.2 Å². The lowest BCUT2D eigenvalue weighted by molar-refractivity contribution is 0.0955. The molecule has 0 radical (unpaired) electrons. The molecular weight excluding hydrogens is 394 g/mol. The monoisotopic (exact) mass is 409 g/mol. The van der Waals surface area contributed by atoms with Crippen LogP contribution in [0, 0.1) is 0 Å². The largest absolute Gasteiger partial charge is 0.489 e. The molecule has 26 heavy (non-hydrogen) atoms. The number of benzene rings is 2. The maximum Gasteiger partial charge on any atom is 0.272 e. The van der Waals surface area contributed by atoms with Crippen LogP contribution in [0.15, 0.2) is 82.6 Å². The van der Waals surface area contributed by atoms with E-state index in [9.17, 15) is 4.79 Å². The maximum absolute atomic E-state index is 11.8. The number of pyridine rings is 1. The van der Waals surface area contributed by atoms with E-state index in [0.29, 0.717) is 12.2 Å². The molecule has 1 heterocycles. The molecule has 6 heteroatoms. The summed E-state index contributed by atoms with van der Waals surface area (Å²) >= 11 is 3.41. The number of hydrogen-bond donors (Lipinski definition) is 1. The fraction of sp³-hybridized carbons (Fsp3) is 0.0500. The molecule has 1 N–H and O–H groups in total. The molecule has 5 nitrogen and oxygen atoms in total. The van der Waals surface area contributed by atoms with Crippen molar-refractivity contribution >= 4 is 28.1 Å². The number of ether oxygens (including phenoxy) is 1. The summed E-state index contributed by atoms with van der Waals surface area (Å²) in [4.78, 5) is 15.7. The Morgan fingerprint density at radius 3 is 2.58 bits per heavy atom. The third-order valence-electron chi connectivity index (χ3n) is 3.50. The van der Waals surface area contributed by atoms with Crippen LogP contribution in [-0.2, 0) is 6.61 Å². The fourth-order valence-corrected chi connectivity index (χ4v) is 2.39. The van der Waals surface area contributed by atoms with Crippen LogP contribution in [0.3, 0.4) is 0 Å². The number of nitrogens with zero attached hydrogens (tertiary/aromatic N) is 2. The van der Waals surface area contributed by atoms with Gasteiger partial charge in [0.05, 0.1) is 11.8 Å². The van der Waals surface area contributed by atoms with Crippen molar-refractivity contribution < 1.29 is 9.53 Å². The molecule has 0 unspecified atom stereocenters. The number of hydrogen-bond acceptors (Lipinski definition) is 4. The van der Waals surface area contributed by atoms with Crippen molar-refractivity contribution in [2.24, 2.45) is 5.10 Å². The Hall–Kier alpha value is -2.99. The molecule has 0 spiro atoms. The van der Waals surface area contributed by atoms with E-state index < -0.39 is 0 Å². The fourth-order valence-electron chi connectivity index (χ4n) is 2.12.